The standard InChI is InChI=1S/C9H15N3O/c1-7(2)12-9(13)11-6-4-3-5-8(11)10-12/h7H,3-6H2,1-2H3. The molecule has 0 saturated carbocycles. The van der Waals surface area contributed by atoms with E-state index in [0.717, 1.165) is 31.6 Å². The first-order chi connectivity index (χ1) is 6.20. The summed E-state index contributed by atoms with van der Waals surface area (Å²) < 4.78 is 3.39. The van der Waals surface area contributed by atoms with Gasteiger partial charge in [0.1, 0.15) is 5.82 Å². The largest absolute Gasteiger partial charge is 0.346 e. The second-order valence-electron chi connectivity index (χ2n) is 3.85. The van der Waals surface area contributed by atoms with Crippen molar-refractivity contribution in [3.05, 3.63) is 16.3 Å². The van der Waals surface area contributed by atoms with Crippen molar-refractivity contribution >= 4 is 0 Å². The highest BCUT2D eigenvalue weighted by atomic mass is 16.2. The second-order valence-corrected chi connectivity index (χ2v) is 3.85. The highest BCUT2D eigenvalue weighted by Gasteiger charge is 2.17. The molecule has 0 aromatic carbocycles. The summed E-state index contributed by atoms with van der Waals surface area (Å²) in [5, 5.41) is 4.32. The normalized spacial score (nSPS) is 16.2. The predicted octanol–water partition coefficient (Wildman–Crippen LogP) is 0.962. The van der Waals surface area contributed by atoms with Crippen LogP contribution in [0.5, 0.6) is 0 Å². The monoisotopic (exact) mass is 181 g/mol. The van der Waals surface area contributed by atoms with Crippen molar-refractivity contribution in [1.29, 1.82) is 0 Å². The average molecular weight is 181 g/mol. The molecule has 0 spiro atoms. The van der Waals surface area contributed by atoms with Gasteiger partial charge >= 0.3 is 5.69 Å². The van der Waals surface area contributed by atoms with Gasteiger partial charge in [-0.25, -0.2) is 9.48 Å². The van der Waals surface area contributed by atoms with Gasteiger partial charge in [0.05, 0.1) is 6.04 Å². The first kappa shape index (κ1) is 8.53. The maximum Gasteiger partial charge on any atom is 0.346 e. The number of rotatable bonds is 1. The number of aryl methyl sites for hydroxylation is 1. The molecule has 0 N–H and O–H groups in total. The van der Waals surface area contributed by atoms with Crippen molar-refractivity contribution < 1.29 is 0 Å². The van der Waals surface area contributed by atoms with Crippen LogP contribution in [0.15, 0.2) is 4.79 Å². The molecule has 0 bridgehead atoms. The van der Waals surface area contributed by atoms with E-state index in [1.165, 1.54) is 0 Å². The minimum Gasteiger partial charge on any atom is -0.279 e. The molecule has 1 aliphatic rings. The zero-order valence-corrected chi connectivity index (χ0v) is 8.16. The van der Waals surface area contributed by atoms with Gasteiger partial charge in [-0.2, -0.15) is 5.10 Å². The van der Waals surface area contributed by atoms with Crippen LogP contribution in [0.1, 0.15) is 38.6 Å². The van der Waals surface area contributed by atoms with Gasteiger partial charge < -0.3 is 0 Å². The summed E-state index contributed by atoms with van der Waals surface area (Å²) in [5.74, 6) is 0.963. The summed E-state index contributed by atoms with van der Waals surface area (Å²) in [4.78, 5) is 11.7. The van der Waals surface area contributed by atoms with E-state index in [1.807, 2.05) is 18.4 Å². The average Bonchev–Trinajstić information content (AvgIpc) is 2.45. The van der Waals surface area contributed by atoms with Crippen molar-refractivity contribution in [2.45, 2.75) is 45.7 Å². The smallest absolute Gasteiger partial charge is 0.279 e. The quantitative estimate of drug-likeness (QED) is 0.647. The van der Waals surface area contributed by atoms with Gasteiger partial charge in [0.2, 0.25) is 0 Å². The maximum atomic E-state index is 11.7. The van der Waals surface area contributed by atoms with E-state index in [2.05, 4.69) is 5.10 Å². The molecule has 4 nitrogen and oxygen atoms in total. The van der Waals surface area contributed by atoms with Crippen molar-refractivity contribution in [3.63, 3.8) is 0 Å². The van der Waals surface area contributed by atoms with Crippen LogP contribution in [0.2, 0.25) is 0 Å². The molecule has 0 atom stereocenters. The Bertz CT molecular complexity index is 361. The van der Waals surface area contributed by atoms with Crippen LogP contribution in [0, 0.1) is 0 Å². The van der Waals surface area contributed by atoms with E-state index >= 15 is 0 Å². The van der Waals surface area contributed by atoms with Gasteiger partial charge in [0, 0.05) is 13.0 Å². The highest BCUT2D eigenvalue weighted by Crippen LogP contribution is 2.10. The molecule has 0 saturated heterocycles. The lowest BCUT2D eigenvalue weighted by atomic mass is 10.2. The molecule has 13 heavy (non-hydrogen) atoms. The third kappa shape index (κ3) is 1.30. The molecule has 2 heterocycles. The van der Waals surface area contributed by atoms with Crippen LogP contribution in [0.3, 0.4) is 0 Å². The van der Waals surface area contributed by atoms with E-state index < -0.39 is 0 Å². The Balaban J connectivity index is 2.51. The lowest BCUT2D eigenvalue weighted by molar-refractivity contribution is 0.496. The summed E-state index contributed by atoms with van der Waals surface area (Å²) in [6.45, 7) is 4.82. The molecule has 0 unspecified atom stereocenters. The van der Waals surface area contributed by atoms with Gasteiger partial charge in [-0.15, -0.1) is 0 Å². The van der Waals surface area contributed by atoms with Crippen LogP contribution in [0.4, 0.5) is 0 Å². The van der Waals surface area contributed by atoms with Crippen LogP contribution < -0.4 is 5.69 Å². The van der Waals surface area contributed by atoms with Crippen LogP contribution in [-0.2, 0) is 13.0 Å². The fourth-order valence-corrected chi connectivity index (χ4v) is 1.75. The lowest BCUT2D eigenvalue weighted by Crippen LogP contribution is -2.27. The summed E-state index contributed by atoms with van der Waals surface area (Å²) in [6, 6.07) is 0.172. The third-order valence-corrected chi connectivity index (χ3v) is 2.48. The molecule has 4 heteroatoms. The Hall–Kier alpha value is -1.06. The van der Waals surface area contributed by atoms with E-state index in [9.17, 15) is 4.79 Å². The van der Waals surface area contributed by atoms with Crippen LogP contribution >= 0.6 is 0 Å². The molecule has 0 aliphatic carbocycles. The SMILES string of the molecule is CC(C)n1nc2n(c1=O)CCCC2. The zero-order chi connectivity index (χ0) is 9.42. The van der Waals surface area contributed by atoms with Crippen molar-refractivity contribution in [2.75, 3.05) is 0 Å². The fourth-order valence-electron chi connectivity index (χ4n) is 1.75. The zero-order valence-electron chi connectivity index (χ0n) is 8.16. The second kappa shape index (κ2) is 3.01. The summed E-state index contributed by atoms with van der Waals surface area (Å²) in [7, 11) is 0. The van der Waals surface area contributed by atoms with E-state index in [-0.39, 0.29) is 11.7 Å². The molecule has 0 radical (unpaired) electrons. The number of hydrogen-bond acceptors (Lipinski definition) is 2. The molecule has 0 amide bonds. The van der Waals surface area contributed by atoms with Crippen molar-refractivity contribution in [3.8, 4) is 0 Å². The van der Waals surface area contributed by atoms with Gasteiger partial charge in [-0.3, -0.25) is 4.57 Å². The fraction of sp³-hybridized carbons (Fsp3) is 0.778. The van der Waals surface area contributed by atoms with Crippen molar-refractivity contribution in [2.24, 2.45) is 0 Å². The number of fused-ring (bicyclic) bond motifs is 1. The van der Waals surface area contributed by atoms with E-state index in [4.69, 9.17) is 0 Å². The first-order valence-corrected chi connectivity index (χ1v) is 4.88. The Morgan fingerprint density at radius 2 is 2.15 bits per heavy atom. The Kier molecular flexibility index (Phi) is 1.98. The van der Waals surface area contributed by atoms with E-state index in [1.54, 1.807) is 4.68 Å². The number of nitrogens with zero attached hydrogens (tertiary/aromatic N) is 3. The third-order valence-electron chi connectivity index (χ3n) is 2.48. The first-order valence-electron chi connectivity index (χ1n) is 4.88. The Morgan fingerprint density at radius 3 is 2.77 bits per heavy atom. The topological polar surface area (TPSA) is 39.8 Å². The highest BCUT2D eigenvalue weighted by molar-refractivity contribution is 4.91. The Morgan fingerprint density at radius 1 is 1.38 bits per heavy atom. The number of hydrogen-bond donors (Lipinski definition) is 0. The van der Waals surface area contributed by atoms with Gasteiger partial charge in [0.25, 0.3) is 0 Å². The van der Waals surface area contributed by atoms with Gasteiger partial charge in [-0.1, -0.05) is 0 Å². The van der Waals surface area contributed by atoms with Gasteiger partial charge in [0.15, 0.2) is 0 Å². The van der Waals surface area contributed by atoms with Crippen LogP contribution in [-0.4, -0.2) is 14.3 Å². The summed E-state index contributed by atoms with van der Waals surface area (Å²) in [6.07, 6.45) is 3.22. The number of aromatic nitrogens is 3. The molecular weight excluding hydrogens is 166 g/mol. The maximum absolute atomic E-state index is 11.7. The molecular formula is C9H15N3O. The Labute approximate surface area is 77.2 Å². The molecule has 1 aliphatic heterocycles. The molecule has 2 rings (SSSR count). The van der Waals surface area contributed by atoms with E-state index in [0.29, 0.717) is 0 Å². The van der Waals surface area contributed by atoms with Crippen molar-refractivity contribution in [1.82, 2.24) is 14.3 Å². The van der Waals surface area contributed by atoms with Crippen LogP contribution in [0.25, 0.3) is 0 Å². The van der Waals surface area contributed by atoms with Gasteiger partial charge in [-0.05, 0) is 26.7 Å². The molecule has 1 aromatic heterocycles. The summed E-state index contributed by atoms with van der Waals surface area (Å²) in [5.41, 5.74) is 0.0599. The molecule has 0 fully saturated rings. The minimum atomic E-state index is 0.0599. The lowest BCUT2D eigenvalue weighted by Gasteiger charge is -2.09. The predicted molar refractivity (Wildman–Crippen MR) is 49.8 cm³/mol. The minimum absolute atomic E-state index is 0.0599. The molecule has 1 aromatic rings. The summed E-state index contributed by atoms with van der Waals surface area (Å²) >= 11 is 0. The molecule has 72 valence electrons.